The van der Waals surface area contributed by atoms with Crippen molar-refractivity contribution in [3.05, 3.63) is 127 Å². The maximum atomic E-state index is 15.3. The lowest BCUT2D eigenvalue weighted by Gasteiger charge is -2.30. The molecular weight excluding hydrogens is 437 g/mol. The van der Waals surface area contributed by atoms with Gasteiger partial charge in [-0.25, -0.2) is 0 Å². The number of benzene rings is 3. The molecule has 0 heterocycles. The first-order chi connectivity index (χ1) is 16.6. The van der Waals surface area contributed by atoms with Crippen molar-refractivity contribution in [2.45, 2.75) is 25.4 Å². The fourth-order valence-electron chi connectivity index (χ4n) is 4.54. The van der Waals surface area contributed by atoms with Crippen LogP contribution >= 0.6 is 7.14 Å². The third-order valence-corrected chi connectivity index (χ3v) is 9.50. The van der Waals surface area contributed by atoms with Gasteiger partial charge in [-0.05, 0) is 31.1 Å². The van der Waals surface area contributed by atoms with Crippen molar-refractivity contribution < 1.29 is 9.36 Å². The van der Waals surface area contributed by atoms with Gasteiger partial charge >= 0.3 is 0 Å². The number of rotatable bonds is 8. The van der Waals surface area contributed by atoms with Gasteiger partial charge in [0.2, 0.25) is 0 Å². The Morgan fingerprint density at radius 1 is 0.912 bits per heavy atom. The molecule has 0 aromatic heterocycles. The van der Waals surface area contributed by atoms with Crippen molar-refractivity contribution in [2.24, 2.45) is 4.99 Å². The number of aliphatic imine (C=N–C) groups is 1. The monoisotopic (exact) mass is 465 g/mol. The summed E-state index contributed by atoms with van der Waals surface area (Å²) in [5.41, 5.74) is 2.35. The smallest absolute Gasteiger partial charge is 0.169 e. The third-order valence-electron chi connectivity index (χ3n) is 6.02. The lowest BCUT2D eigenvalue weighted by atomic mass is 10.0. The van der Waals surface area contributed by atoms with Crippen molar-refractivity contribution in [3.63, 3.8) is 0 Å². The molecule has 0 saturated carbocycles. The molecule has 0 fully saturated rings. The van der Waals surface area contributed by atoms with Gasteiger partial charge in [-0.3, -0.25) is 9.79 Å². The van der Waals surface area contributed by atoms with Crippen LogP contribution in [0.25, 0.3) is 0 Å². The number of hydrogen-bond donors (Lipinski definition) is 0. The van der Waals surface area contributed by atoms with E-state index in [1.165, 1.54) is 0 Å². The van der Waals surface area contributed by atoms with Crippen molar-refractivity contribution in [3.8, 4) is 0 Å². The lowest BCUT2D eigenvalue weighted by Crippen LogP contribution is -2.29. The molecule has 0 spiro atoms. The Morgan fingerprint density at radius 2 is 1.44 bits per heavy atom. The first kappa shape index (κ1) is 23.6. The molecule has 4 heteroatoms. The predicted molar refractivity (Wildman–Crippen MR) is 143 cm³/mol. The van der Waals surface area contributed by atoms with E-state index < -0.39 is 12.8 Å². The predicted octanol–water partition coefficient (Wildman–Crippen LogP) is 6.56. The first-order valence-electron chi connectivity index (χ1n) is 11.4. The lowest BCUT2D eigenvalue weighted by molar-refractivity contribution is -0.113. The number of para-hydroxylation sites is 1. The molecule has 1 unspecified atom stereocenters. The average Bonchev–Trinajstić information content (AvgIpc) is 3.18. The largest absolute Gasteiger partial charge is 0.313 e. The van der Waals surface area contributed by atoms with Crippen LogP contribution in [0.5, 0.6) is 0 Å². The first-order valence-corrected chi connectivity index (χ1v) is 13.2. The van der Waals surface area contributed by atoms with Crippen molar-refractivity contribution in [1.29, 1.82) is 0 Å². The van der Waals surface area contributed by atoms with E-state index in [0.29, 0.717) is 17.7 Å². The molecule has 0 radical (unpaired) electrons. The summed E-state index contributed by atoms with van der Waals surface area (Å²) in [6.07, 6.45) is 6.15. The summed E-state index contributed by atoms with van der Waals surface area (Å²) in [6.45, 7) is 5.87. The Hall–Kier alpha value is -3.55. The van der Waals surface area contributed by atoms with Gasteiger partial charge in [0, 0.05) is 16.2 Å². The number of carbonyl (C=O) groups is 1. The number of nitrogens with zero attached hydrogens (tertiary/aromatic N) is 1. The van der Waals surface area contributed by atoms with E-state index >= 15 is 4.57 Å². The van der Waals surface area contributed by atoms with E-state index in [9.17, 15) is 4.79 Å². The second kappa shape index (κ2) is 10.6. The van der Waals surface area contributed by atoms with Crippen molar-refractivity contribution in [2.75, 3.05) is 0 Å². The highest BCUT2D eigenvalue weighted by Gasteiger charge is 2.43. The Bertz CT molecular complexity index is 1260. The second-order valence-corrected chi connectivity index (χ2v) is 11.2. The maximum absolute atomic E-state index is 15.3. The molecule has 4 rings (SSSR count). The number of Topliss-reactive ketones (excluding diaryl/α,β-unsaturated/α-hetero) is 1. The van der Waals surface area contributed by atoms with Gasteiger partial charge in [-0.2, -0.15) is 0 Å². The molecule has 1 aliphatic carbocycles. The summed E-state index contributed by atoms with van der Waals surface area (Å²) in [4.78, 5) is 18.1. The highest BCUT2D eigenvalue weighted by molar-refractivity contribution is 7.79. The van der Waals surface area contributed by atoms with Gasteiger partial charge in [0.15, 0.2) is 12.9 Å². The highest BCUT2D eigenvalue weighted by atomic mass is 31.2. The summed E-state index contributed by atoms with van der Waals surface area (Å²) < 4.78 is 15.3. The SMILES string of the molecule is C=CCC(C1=C(/C=C/C)C(=O)CC1=Nc1ccccc1)P(=O)(c1ccccc1)c1ccccc1. The molecule has 0 bridgehead atoms. The zero-order chi connectivity index (χ0) is 24.0. The minimum atomic E-state index is -3.23. The van der Waals surface area contributed by atoms with Gasteiger partial charge in [0.25, 0.3) is 0 Å². The molecule has 0 amide bonds. The maximum Gasteiger partial charge on any atom is 0.169 e. The second-order valence-electron chi connectivity index (χ2n) is 8.19. The number of carbonyl (C=O) groups excluding carboxylic acids is 1. The number of hydrogen-bond acceptors (Lipinski definition) is 3. The van der Waals surface area contributed by atoms with Gasteiger partial charge in [0.05, 0.1) is 23.5 Å². The van der Waals surface area contributed by atoms with E-state index in [1.54, 1.807) is 6.08 Å². The molecule has 3 aromatic rings. The zero-order valence-corrected chi connectivity index (χ0v) is 20.2. The van der Waals surface area contributed by atoms with Crippen molar-refractivity contribution >= 4 is 34.9 Å². The molecule has 170 valence electrons. The van der Waals surface area contributed by atoms with Crippen LogP contribution < -0.4 is 10.6 Å². The van der Waals surface area contributed by atoms with Crippen LogP contribution in [0.4, 0.5) is 5.69 Å². The van der Waals surface area contributed by atoms with Gasteiger partial charge in [-0.1, -0.05) is 97.1 Å². The molecule has 0 saturated heterocycles. The fraction of sp³-hybridized carbons (Fsp3) is 0.133. The molecule has 0 N–H and O–H groups in total. The van der Waals surface area contributed by atoms with Crippen LogP contribution in [0.1, 0.15) is 19.8 Å². The summed E-state index contributed by atoms with van der Waals surface area (Å²) in [7, 11) is -3.23. The Labute approximate surface area is 201 Å². The molecule has 0 aliphatic heterocycles. The van der Waals surface area contributed by atoms with E-state index in [4.69, 9.17) is 4.99 Å². The molecule has 1 aliphatic rings. The molecule has 3 nitrogen and oxygen atoms in total. The zero-order valence-electron chi connectivity index (χ0n) is 19.3. The van der Waals surface area contributed by atoms with Gasteiger partial charge < -0.3 is 4.57 Å². The topological polar surface area (TPSA) is 46.5 Å². The van der Waals surface area contributed by atoms with E-state index in [1.807, 2.05) is 110 Å². The Kier molecular flexibility index (Phi) is 7.35. The third kappa shape index (κ3) is 4.58. The van der Waals surface area contributed by atoms with Crippen LogP contribution in [0.2, 0.25) is 0 Å². The van der Waals surface area contributed by atoms with Crippen molar-refractivity contribution in [1.82, 2.24) is 0 Å². The fourth-order valence-corrected chi connectivity index (χ4v) is 7.89. The Balaban J connectivity index is 2.01. The highest BCUT2D eigenvalue weighted by Crippen LogP contribution is 2.55. The van der Waals surface area contributed by atoms with Crippen LogP contribution in [-0.2, 0) is 9.36 Å². The average molecular weight is 466 g/mol. The van der Waals surface area contributed by atoms with Crippen LogP contribution in [0, 0.1) is 0 Å². The summed E-state index contributed by atoms with van der Waals surface area (Å²) >= 11 is 0. The molecule has 3 aromatic carbocycles. The summed E-state index contributed by atoms with van der Waals surface area (Å²) in [5, 5.41) is 1.53. The number of allylic oxidation sites excluding steroid dienone is 5. The number of ketones is 1. The molecule has 34 heavy (non-hydrogen) atoms. The van der Waals surface area contributed by atoms with Crippen LogP contribution in [-0.4, -0.2) is 17.2 Å². The van der Waals surface area contributed by atoms with Crippen LogP contribution in [0.15, 0.2) is 132 Å². The standard InChI is InChI=1S/C30H28NO2P/c1-3-14-26-28(32)22-27(31-23-16-8-5-9-17-23)30(26)29(15-4-2)34(33,24-18-10-6-11-19-24)25-20-12-7-13-21-25/h3-14,16-21,29H,2,15,22H2,1H3/b14-3+,31-27?. The molecular formula is C30H28NO2P. The summed E-state index contributed by atoms with van der Waals surface area (Å²) in [6, 6.07) is 28.8. The van der Waals surface area contributed by atoms with E-state index in [-0.39, 0.29) is 12.2 Å². The minimum absolute atomic E-state index is 0.00418. The minimum Gasteiger partial charge on any atom is -0.313 e. The van der Waals surface area contributed by atoms with Gasteiger partial charge in [0.1, 0.15) is 0 Å². The quantitative estimate of drug-likeness (QED) is 0.279. The normalized spacial score (nSPS) is 16.4. The van der Waals surface area contributed by atoms with E-state index in [0.717, 1.165) is 21.9 Å². The Morgan fingerprint density at radius 3 is 1.94 bits per heavy atom. The van der Waals surface area contributed by atoms with E-state index in [2.05, 4.69) is 6.58 Å². The summed E-state index contributed by atoms with van der Waals surface area (Å²) in [5.74, 6) is 0.00418. The van der Waals surface area contributed by atoms with Crippen LogP contribution in [0.3, 0.4) is 0 Å². The van der Waals surface area contributed by atoms with Gasteiger partial charge in [-0.15, -0.1) is 6.58 Å². The molecule has 1 atom stereocenters.